The molecule has 7 heteroatoms. The molecule has 6 aliphatic rings. The normalized spacial score (nSPS) is 45.0. The topological polar surface area (TPSA) is 124 Å². The molecule has 6 N–H and O–H groups in total. The van der Waals surface area contributed by atoms with Gasteiger partial charge in [-0.2, -0.15) is 0 Å². The van der Waals surface area contributed by atoms with Crippen LogP contribution in [0.3, 0.4) is 0 Å². The Morgan fingerprint density at radius 1 is 1.06 bits per heavy atom. The van der Waals surface area contributed by atoms with Crippen molar-refractivity contribution in [1.82, 2.24) is 5.32 Å². The van der Waals surface area contributed by atoms with Gasteiger partial charge in [0.15, 0.2) is 5.96 Å². The van der Waals surface area contributed by atoms with Gasteiger partial charge in [0.1, 0.15) is 6.23 Å². The molecule has 1 heterocycles. The molecule has 0 aromatic heterocycles. The number of nitrogens with zero attached hydrogens (tertiary/aromatic N) is 1. The van der Waals surface area contributed by atoms with Gasteiger partial charge in [-0.05, 0) is 144 Å². The SMILES string of the molecule is C=C1CC2(CCC(CCC3(O)CCCC(O)C3)C2)C2OC2(C)CCC2C1CC2(C)C1CCC(C(O)NC(N)=NCCc2ccccc2)C1. The van der Waals surface area contributed by atoms with Crippen molar-refractivity contribution in [3.63, 3.8) is 0 Å². The van der Waals surface area contributed by atoms with Crippen molar-refractivity contribution >= 4 is 5.96 Å². The van der Waals surface area contributed by atoms with Crippen LogP contribution in [0, 0.1) is 40.4 Å². The number of aliphatic hydroxyl groups excluding tert-OH is 2. The fourth-order valence-corrected chi connectivity index (χ4v) is 11.9. The summed E-state index contributed by atoms with van der Waals surface area (Å²) in [6.07, 6.45) is 16.6. The van der Waals surface area contributed by atoms with Crippen molar-refractivity contribution in [2.75, 3.05) is 6.54 Å². The van der Waals surface area contributed by atoms with E-state index in [1.54, 1.807) is 0 Å². The number of allylic oxidation sites excluding steroid dienone is 1. The molecule has 1 aromatic carbocycles. The lowest BCUT2D eigenvalue weighted by atomic mass is 9.46. The van der Waals surface area contributed by atoms with E-state index in [1.165, 1.54) is 43.2 Å². The average molecular weight is 662 g/mol. The molecule has 1 aromatic rings. The predicted octanol–water partition coefficient (Wildman–Crippen LogP) is 6.64. The molecule has 1 spiro atoms. The number of hydrogen-bond donors (Lipinski definition) is 5. The molecule has 6 fully saturated rings. The molecule has 1 aliphatic heterocycles. The van der Waals surface area contributed by atoms with Crippen LogP contribution >= 0.6 is 0 Å². The molecule has 0 amide bonds. The fraction of sp³-hybridized carbons (Fsp3) is 0.780. The molecule has 48 heavy (non-hydrogen) atoms. The Labute approximate surface area is 289 Å². The molecule has 5 aliphatic carbocycles. The van der Waals surface area contributed by atoms with E-state index in [0.717, 1.165) is 70.6 Å². The maximum Gasteiger partial charge on any atom is 0.190 e. The summed E-state index contributed by atoms with van der Waals surface area (Å²) in [7, 11) is 0. The summed E-state index contributed by atoms with van der Waals surface area (Å²) in [5, 5.41) is 35.6. The smallest absolute Gasteiger partial charge is 0.190 e. The second kappa shape index (κ2) is 13.3. The number of epoxide rings is 1. The standard InChI is InChI=1S/C41H63N3O4/c1-27-23-40(19-13-29(24-40)14-20-41(47)17-7-10-32(45)25-41)36-39(3,48-36)18-15-34-33(27)26-38(34,2)31-12-11-30(22-31)35(46)44-37(42)43-21-16-28-8-5-4-6-9-28/h4-6,8-9,29-36,45-47H,1,7,10-26H2,2-3H3,(H3,42,43,44). The number of hydrogen-bond acceptors (Lipinski definition) is 5. The molecule has 7 nitrogen and oxygen atoms in total. The highest BCUT2D eigenvalue weighted by molar-refractivity contribution is 5.78. The minimum atomic E-state index is -0.683. The summed E-state index contributed by atoms with van der Waals surface area (Å²) < 4.78 is 6.70. The van der Waals surface area contributed by atoms with Crippen LogP contribution in [0.5, 0.6) is 0 Å². The molecule has 1 saturated heterocycles. The molecule has 12 atom stereocenters. The highest BCUT2D eigenvalue weighted by Crippen LogP contribution is 2.69. The molecule has 266 valence electrons. The van der Waals surface area contributed by atoms with Crippen molar-refractivity contribution in [3.8, 4) is 0 Å². The minimum Gasteiger partial charge on any atom is -0.393 e. The predicted molar refractivity (Wildman–Crippen MR) is 191 cm³/mol. The van der Waals surface area contributed by atoms with E-state index >= 15 is 0 Å². The zero-order chi connectivity index (χ0) is 33.7. The molecule has 12 unspecified atom stereocenters. The lowest BCUT2D eigenvalue weighted by Gasteiger charge is -2.58. The summed E-state index contributed by atoms with van der Waals surface area (Å²) in [5.74, 6) is 2.97. The Morgan fingerprint density at radius 3 is 2.67 bits per heavy atom. The molecular formula is C41H63N3O4. The van der Waals surface area contributed by atoms with E-state index in [2.05, 4.69) is 36.3 Å². The number of benzene rings is 1. The number of ether oxygens (including phenoxy) is 1. The third-order valence-electron chi connectivity index (χ3n) is 14.7. The van der Waals surface area contributed by atoms with Crippen LogP contribution in [0.1, 0.15) is 122 Å². The third kappa shape index (κ3) is 6.87. The lowest BCUT2D eigenvalue weighted by molar-refractivity contribution is -0.0712. The van der Waals surface area contributed by atoms with Crippen LogP contribution < -0.4 is 11.1 Å². The number of fused-ring (bicyclic) bond motifs is 3. The number of rotatable bonds is 9. The van der Waals surface area contributed by atoms with Gasteiger partial charge in [-0.3, -0.25) is 4.99 Å². The van der Waals surface area contributed by atoms with Crippen LogP contribution in [0.25, 0.3) is 0 Å². The summed E-state index contributed by atoms with van der Waals surface area (Å²) in [5.41, 5.74) is 8.64. The summed E-state index contributed by atoms with van der Waals surface area (Å²) >= 11 is 0. The highest BCUT2D eigenvalue weighted by Gasteiger charge is 2.67. The number of guanidine groups is 1. The second-order valence-corrected chi connectivity index (χ2v) is 18.0. The first-order valence-corrected chi connectivity index (χ1v) is 19.4. The molecule has 5 saturated carbocycles. The van der Waals surface area contributed by atoms with Crippen molar-refractivity contribution in [2.45, 2.75) is 153 Å². The van der Waals surface area contributed by atoms with E-state index in [-0.39, 0.29) is 28.5 Å². The van der Waals surface area contributed by atoms with Gasteiger partial charge in [0.25, 0.3) is 0 Å². The van der Waals surface area contributed by atoms with Crippen LogP contribution in [-0.2, 0) is 11.2 Å². The van der Waals surface area contributed by atoms with Gasteiger partial charge in [0, 0.05) is 24.3 Å². The molecular weight excluding hydrogens is 598 g/mol. The quantitative estimate of drug-likeness (QED) is 0.0665. The van der Waals surface area contributed by atoms with Gasteiger partial charge in [0.05, 0.1) is 23.4 Å². The van der Waals surface area contributed by atoms with E-state index in [4.69, 9.17) is 17.0 Å². The van der Waals surface area contributed by atoms with Gasteiger partial charge < -0.3 is 31.1 Å². The molecule has 0 bridgehead atoms. The van der Waals surface area contributed by atoms with E-state index < -0.39 is 11.8 Å². The van der Waals surface area contributed by atoms with Crippen LogP contribution in [0.4, 0.5) is 0 Å². The van der Waals surface area contributed by atoms with Crippen LogP contribution in [0.2, 0.25) is 0 Å². The summed E-state index contributed by atoms with van der Waals surface area (Å²) in [6, 6.07) is 10.3. The summed E-state index contributed by atoms with van der Waals surface area (Å²) in [4.78, 5) is 4.49. The van der Waals surface area contributed by atoms with Gasteiger partial charge in [-0.25, -0.2) is 0 Å². The minimum absolute atomic E-state index is 0.0259. The van der Waals surface area contributed by atoms with E-state index in [9.17, 15) is 15.3 Å². The second-order valence-electron chi connectivity index (χ2n) is 18.0. The average Bonchev–Trinajstić information content (AvgIpc) is 3.35. The zero-order valence-corrected chi connectivity index (χ0v) is 29.7. The van der Waals surface area contributed by atoms with Gasteiger partial charge in [0.2, 0.25) is 0 Å². The Morgan fingerprint density at radius 2 is 1.88 bits per heavy atom. The van der Waals surface area contributed by atoms with Crippen LogP contribution in [-0.4, -0.2) is 57.5 Å². The highest BCUT2D eigenvalue weighted by atomic mass is 16.6. The number of nitrogens with two attached hydrogens (primary N) is 1. The fourth-order valence-electron chi connectivity index (χ4n) is 11.9. The van der Waals surface area contributed by atoms with Crippen molar-refractivity contribution in [1.29, 1.82) is 0 Å². The van der Waals surface area contributed by atoms with Gasteiger partial charge >= 0.3 is 0 Å². The maximum atomic E-state index is 11.2. The van der Waals surface area contributed by atoms with Gasteiger partial charge in [-0.15, -0.1) is 0 Å². The largest absolute Gasteiger partial charge is 0.393 e. The van der Waals surface area contributed by atoms with E-state index in [0.29, 0.717) is 48.7 Å². The van der Waals surface area contributed by atoms with Crippen LogP contribution in [0.15, 0.2) is 47.5 Å². The first-order valence-electron chi connectivity index (χ1n) is 19.4. The third-order valence-corrected chi connectivity index (χ3v) is 14.7. The Bertz CT molecular complexity index is 1340. The molecule has 7 rings (SSSR count). The van der Waals surface area contributed by atoms with E-state index in [1.807, 2.05) is 18.2 Å². The summed E-state index contributed by atoms with van der Waals surface area (Å²) in [6.45, 7) is 10.3. The first-order chi connectivity index (χ1) is 22.9. The Hall–Kier alpha value is -1.93. The Balaban J connectivity index is 0.939. The number of nitrogens with one attached hydrogen (secondary N) is 1. The van der Waals surface area contributed by atoms with Crippen molar-refractivity contribution in [2.24, 2.45) is 51.1 Å². The number of aliphatic imine (C=N–C) groups is 1. The lowest BCUT2D eigenvalue weighted by Crippen LogP contribution is -2.51. The maximum absolute atomic E-state index is 11.2. The molecule has 0 radical (unpaired) electrons. The van der Waals surface area contributed by atoms with Crippen molar-refractivity contribution in [3.05, 3.63) is 48.0 Å². The van der Waals surface area contributed by atoms with Gasteiger partial charge in [-0.1, -0.05) is 49.4 Å². The zero-order valence-electron chi connectivity index (χ0n) is 29.7. The monoisotopic (exact) mass is 661 g/mol. The number of aliphatic hydroxyl groups is 3. The van der Waals surface area contributed by atoms with Crippen molar-refractivity contribution < 1.29 is 20.1 Å². The first kappa shape index (κ1) is 34.5. The Kier molecular flexibility index (Phi) is 9.58.